The molecule has 0 spiro atoms. The van der Waals surface area contributed by atoms with Gasteiger partial charge >= 0.3 is 0 Å². The third-order valence-corrected chi connectivity index (χ3v) is 7.84. The van der Waals surface area contributed by atoms with Crippen molar-refractivity contribution in [2.45, 2.75) is 0 Å². The van der Waals surface area contributed by atoms with E-state index in [4.69, 9.17) is 33.1 Å². The molecule has 48 heavy (non-hydrogen) atoms. The van der Waals surface area contributed by atoms with Crippen LogP contribution in [-0.4, -0.2) is 19.9 Å². The zero-order valence-electron chi connectivity index (χ0n) is 25.1. The number of hydrogen-bond donors (Lipinski definition) is 0. The summed E-state index contributed by atoms with van der Waals surface area (Å²) in [5, 5.41) is 20.9. The second kappa shape index (κ2) is 12.5. The molecule has 0 unspecified atom stereocenters. The van der Waals surface area contributed by atoms with Crippen LogP contribution in [0.25, 0.3) is 88.2 Å². The van der Waals surface area contributed by atoms with Gasteiger partial charge in [-0.3, -0.25) is 0 Å². The van der Waals surface area contributed by atoms with Crippen molar-refractivity contribution in [2.24, 2.45) is 0 Å². The van der Waals surface area contributed by atoms with Gasteiger partial charge in [0.2, 0.25) is 0 Å². The fraction of sp³-hybridized carbons (Fsp3) is 0. The van der Waals surface area contributed by atoms with E-state index in [1.54, 1.807) is 0 Å². The summed E-state index contributed by atoms with van der Waals surface area (Å²) >= 11 is 0. The lowest BCUT2D eigenvalue weighted by Gasteiger charge is -2.15. The number of aromatic nitrogens is 4. The Morgan fingerprint density at radius 1 is 0.417 bits per heavy atom. The molecule has 0 amide bonds. The summed E-state index contributed by atoms with van der Waals surface area (Å²) in [6.45, 7) is 16.0. The highest BCUT2D eigenvalue weighted by atomic mass is 14.9. The Balaban J connectivity index is 1.82. The summed E-state index contributed by atoms with van der Waals surface area (Å²) in [5.74, 6) is 0. The van der Waals surface area contributed by atoms with Crippen LogP contribution in [0.5, 0.6) is 0 Å². The van der Waals surface area contributed by atoms with Crippen LogP contribution < -0.4 is 10.4 Å². The fourth-order valence-electron chi connectivity index (χ4n) is 5.70. The fourth-order valence-corrected chi connectivity index (χ4v) is 5.70. The van der Waals surface area contributed by atoms with Crippen LogP contribution in [-0.2, 0) is 0 Å². The van der Waals surface area contributed by atoms with E-state index in [0.29, 0.717) is 22.8 Å². The van der Waals surface area contributed by atoms with Gasteiger partial charge in [-0.1, -0.05) is 121 Å². The van der Waals surface area contributed by atoms with Crippen molar-refractivity contribution in [1.82, 2.24) is 19.9 Å². The minimum Gasteiger partial charge on any atom is -0.244 e. The first kappa shape index (κ1) is 29.2. The van der Waals surface area contributed by atoms with E-state index in [9.17, 15) is 10.5 Å². The van der Waals surface area contributed by atoms with Crippen molar-refractivity contribution < 1.29 is 0 Å². The monoisotopic (exact) mass is 612 g/mol. The van der Waals surface area contributed by atoms with Gasteiger partial charge in [0.1, 0.15) is 0 Å². The maximum absolute atomic E-state index is 10.3. The molecule has 0 aliphatic rings. The van der Waals surface area contributed by atoms with Gasteiger partial charge in [0, 0.05) is 32.7 Å². The summed E-state index contributed by atoms with van der Waals surface area (Å²) in [4.78, 5) is 27.6. The predicted molar refractivity (Wildman–Crippen MR) is 185 cm³/mol. The van der Waals surface area contributed by atoms with Gasteiger partial charge in [-0.2, -0.15) is 0 Å². The Bertz CT molecular complexity index is 2310. The molecule has 220 valence electrons. The second-order valence-electron chi connectivity index (χ2n) is 10.6. The molecule has 7 aromatic rings. The smallest absolute Gasteiger partial charge is 0.244 e. The zero-order chi connectivity index (χ0) is 33.0. The molecule has 0 aliphatic carbocycles. The van der Waals surface area contributed by atoms with Crippen LogP contribution in [0.1, 0.15) is 0 Å². The van der Waals surface area contributed by atoms with Crippen molar-refractivity contribution in [2.75, 3.05) is 0 Å². The van der Waals surface area contributed by atoms with E-state index in [1.807, 2.05) is 133 Å². The Morgan fingerprint density at radius 2 is 0.646 bits per heavy atom. The topological polar surface area (TPSA) is 108 Å². The Hall–Kier alpha value is -7.52. The average molecular weight is 613 g/mol. The molecule has 0 fully saturated rings. The maximum atomic E-state index is 10.3. The maximum Gasteiger partial charge on any atom is 0.273 e. The number of fused-ring (bicyclic) bond motifs is 2. The Kier molecular flexibility index (Phi) is 7.58. The van der Waals surface area contributed by atoms with Gasteiger partial charge in [-0.15, -0.1) is 0 Å². The zero-order valence-corrected chi connectivity index (χ0v) is 25.1. The normalized spacial score (nSPS) is 10.4. The van der Waals surface area contributed by atoms with Crippen molar-refractivity contribution in [3.63, 3.8) is 0 Å². The summed E-state index contributed by atoms with van der Waals surface area (Å²) in [6, 6.07) is 42.0. The third kappa shape index (κ3) is 4.95. The Morgan fingerprint density at radius 3 is 0.833 bits per heavy atom. The largest absolute Gasteiger partial charge is 0.273 e. The summed E-state index contributed by atoms with van der Waals surface area (Å²) in [6.07, 6.45) is 0. The molecule has 5 aromatic carbocycles. The first-order chi connectivity index (χ1) is 23.7. The highest BCUT2D eigenvalue weighted by molar-refractivity contribution is 6.02. The minimum atomic E-state index is -0.264. The molecule has 0 atom stereocenters. The third-order valence-electron chi connectivity index (χ3n) is 7.84. The first-order valence-electron chi connectivity index (χ1n) is 14.8. The van der Waals surface area contributed by atoms with Crippen molar-refractivity contribution >= 4 is 33.5 Å². The first-order valence-corrected chi connectivity index (χ1v) is 14.8. The van der Waals surface area contributed by atoms with Crippen LogP contribution in [0.2, 0.25) is 0 Å². The van der Waals surface area contributed by atoms with Gasteiger partial charge in [0.15, 0.2) is 0 Å². The van der Waals surface area contributed by atoms with E-state index in [0.717, 1.165) is 22.3 Å². The average Bonchev–Trinajstić information content (AvgIpc) is 3.16. The lowest BCUT2D eigenvalue weighted by Crippen LogP contribution is -2.23. The number of nitriles is 2. The standard InChI is InChI=1S/C40H20N8/c1-43-29(23-41)31-37-39(47-35(27-19-11-5-12-20-27)33(45-37)25-15-7-3-8-16-25)32(30(24-42)44-2)40-38(31)46-34(26-17-9-4-10-18-26)36(48-40)28-21-13-6-14-22-28/h3-22H. The quantitative estimate of drug-likeness (QED) is 0.152. The molecule has 0 bridgehead atoms. The van der Waals surface area contributed by atoms with E-state index in [2.05, 4.69) is 9.69 Å². The Labute approximate surface area is 275 Å². The number of hydrogen-bond acceptors (Lipinski definition) is 6. The van der Waals surface area contributed by atoms with E-state index in [-0.39, 0.29) is 43.9 Å². The molecule has 8 heteroatoms. The van der Waals surface area contributed by atoms with Crippen LogP contribution in [0.4, 0.5) is 0 Å². The molecular formula is C40H20N8. The van der Waals surface area contributed by atoms with Gasteiger partial charge < -0.3 is 0 Å². The molecule has 8 nitrogen and oxygen atoms in total. The number of benzene rings is 5. The molecule has 0 aliphatic heterocycles. The van der Waals surface area contributed by atoms with Crippen LogP contribution in [0, 0.1) is 35.8 Å². The van der Waals surface area contributed by atoms with Crippen LogP contribution in [0.3, 0.4) is 0 Å². The van der Waals surface area contributed by atoms with Gasteiger partial charge in [0.25, 0.3) is 11.4 Å². The molecular weight excluding hydrogens is 592 g/mol. The molecule has 2 aromatic heterocycles. The number of rotatable bonds is 4. The van der Waals surface area contributed by atoms with E-state index in [1.165, 1.54) is 0 Å². The molecule has 7 rings (SSSR count). The highest BCUT2D eigenvalue weighted by Gasteiger charge is 2.23. The van der Waals surface area contributed by atoms with Crippen molar-refractivity contribution in [1.29, 1.82) is 10.5 Å². The van der Waals surface area contributed by atoms with Gasteiger partial charge in [0.05, 0.1) is 70.1 Å². The molecule has 0 saturated carbocycles. The van der Waals surface area contributed by atoms with Crippen LogP contribution >= 0.6 is 0 Å². The minimum absolute atomic E-state index is 0.136. The van der Waals surface area contributed by atoms with Crippen LogP contribution in [0.15, 0.2) is 121 Å². The highest BCUT2D eigenvalue weighted by Crippen LogP contribution is 2.33. The molecule has 2 heterocycles. The summed E-state index contributed by atoms with van der Waals surface area (Å²) in [7, 11) is 0. The lowest BCUT2D eigenvalue weighted by molar-refractivity contribution is 1.24. The van der Waals surface area contributed by atoms with Crippen molar-refractivity contribution in [3.05, 3.63) is 155 Å². The number of nitrogens with zero attached hydrogens (tertiary/aromatic N) is 8. The molecule has 0 N–H and O–H groups in total. The lowest BCUT2D eigenvalue weighted by atomic mass is 10.0. The summed E-state index contributed by atoms with van der Waals surface area (Å²) < 4.78 is 0. The van der Waals surface area contributed by atoms with Gasteiger partial charge in [-0.05, 0) is 0 Å². The van der Waals surface area contributed by atoms with Gasteiger partial charge in [-0.25, -0.2) is 40.1 Å². The molecule has 0 radical (unpaired) electrons. The van der Waals surface area contributed by atoms with E-state index >= 15 is 0 Å². The second-order valence-corrected chi connectivity index (χ2v) is 10.6. The van der Waals surface area contributed by atoms with E-state index < -0.39 is 0 Å². The summed E-state index contributed by atoms with van der Waals surface area (Å²) in [5.41, 5.74) is 5.16. The van der Waals surface area contributed by atoms with Crippen molar-refractivity contribution in [3.8, 4) is 57.2 Å². The molecule has 0 saturated heterocycles. The predicted octanol–water partition coefficient (Wildman–Crippen LogP) is 7.34. The SMILES string of the molecule is [C-]#[N+]C(C#N)=c1c2nc(-c3ccccc3)c(-c3ccccc3)nc2c(=C(C#N)[N+]#[C-])c2nc(-c3ccccc3)c(-c3ccccc3)nc12.